The standard InChI is InChI=1S/C30H33N7O3/c1-3-36(4-2)15-5-14-31-30-34-25(17-20-6-9-23(10-7-20)37-28(39)12-13-29(37)40)33-26(35-30)18-21-8-11-24-22(16-21)19-27(38)32-24/h6-13,16H,3-5,14-15,17-19H2,1-2H3,(H,32,38)(H,31,33,34,35). The topological polar surface area (TPSA) is 120 Å². The number of carbonyl (C=O) groups is 3. The van der Waals surface area contributed by atoms with Gasteiger partial charge in [-0.2, -0.15) is 9.97 Å². The number of hydrogen-bond donors (Lipinski definition) is 2. The average molecular weight is 540 g/mol. The van der Waals surface area contributed by atoms with Crippen LogP contribution >= 0.6 is 0 Å². The molecular formula is C30H33N7O3. The van der Waals surface area contributed by atoms with E-state index >= 15 is 0 Å². The summed E-state index contributed by atoms with van der Waals surface area (Å²) in [5.41, 5.74) is 4.34. The third kappa shape index (κ3) is 6.40. The summed E-state index contributed by atoms with van der Waals surface area (Å²) in [6, 6.07) is 13.2. The number of carbonyl (C=O) groups excluding carboxylic acids is 3. The second kappa shape index (κ2) is 12.2. The van der Waals surface area contributed by atoms with Gasteiger partial charge in [0.25, 0.3) is 11.8 Å². The summed E-state index contributed by atoms with van der Waals surface area (Å²) in [6.45, 7) is 8.11. The molecule has 10 nitrogen and oxygen atoms in total. The van der Waals surface area contributed by atoms with Gasteiger partial charge < -0.3 is 15.5 Å². The van der Waals surface area contributed by atoms with Crippen molar-refractivity contribution in [3.8, 4) is 0 Å². The van der Waals surface area contributed by atoms with Gasteiger partial charge in [-0.3, -0.25) is 14.4 Å². The summed E-state index contributed by atoms with van der Waals surface area (Å²) in [5, 5.41) is 6.24. The van der Waals surface area contributed by atoms with Gasteiger partial charge in [0.1, 0.15) is 11.6 Å². The molecule has 0 radical (unpaired) electrons. The first kappa shape index (κ1) is 27.1. The number of imide groups is 1. The zero-order valence-electron chi connectivity index (χ0n) is 22.8. The molecular weight excluding hydrogens is 506 g/mol. The monoisotopic (exact) mass is 539 g/mol. The Morgan fingerprint density at radius 3 is 2.20 bits per heavy atom. The highest BCUT2D eigenvalue weighted by Crippen LogP contribution is 2.25. The largest absolute Gasteiger partial charge is 0.354 e. The summed E-state index contributed by atoms with van der Waals surface area (Å²) in [4.78, 5) is 53.5. The molecule has 0 fully saturated rings. The van der Waals surface area contributed by atoms with Crippen LogP contribution in [0.25, 0.3) is 0 Å². The quantitative estimate of drug-likeness (QED) is 0.266. The van der Waals surface area contributed by atoms with Crippen LogP contribution in [0.1, 0.15) is 48.6 Å². The maximum Gasteiger partial charge on any atom is 0.258 e. The first-order chi connectivity index (χ1) is 19.4. The lowest BCUT2D eigenvalue weighted by atomic mass is 10.1. The van der Waals surface area contributed by atoms with E-state index in [1.165, 1.54) is 12.2 Å². The van der Waals surface area contributed by atoms with Crippen molar-refractivity contribution in [2.24, 2.45) is 0 Å². The van der Waals surface area contributed by atoms with E-state index in [2.05, 4.69) is 34.4 Å². The number of fused-ring (bicyclic) bond motifs is 1. The summed E-state index contributed by atoms with van der Waals surface area (Å²) < 4.78 is 0. The van der Waals surface area contributed by atoms with Crippen LogP contribution in [0.2, 0.25) is 0 Å². The molecule has 40 heavy (non-hydrogen) atoms. The van der Waals surface area contributed by atoms with Crippen molar-refractivity contribution in [3.63, 3.8) is 0 Å². The molecule has 0 aliphatic carbocycles. The maximum absolute atomic E-state index is 12.0. The van der Waals surface area contributed by atoms with Crippen LogP contribution in [0, 0.1) is 0 Å². The maximum atomic E-state index is 12.0. The van der Waals surface area contributed by atoms with Gasteiger partial charge in [-0.05, 0) is 60.9 Å². The molecule has 3 heterocycles. The Kier molecular flexibility index (Phi) is 8.26. The molecule has 2 aliphatic heterocycles. The predicted molar refractivity (Wildman–Crippen MR) is 153 cm³/mol. The number of aromatic nitrogens is 3. The van der Waals surface area contributed by atoms with Crippen LogP contribution in [0.3, 0.4) is 0 Å². The van der Waals surface area contributed by atoms with E-state index in [0.29, 0.717) is 42.5 Å². The summed E-state index contributed by atoms with van der Waals surface area (Å²) in [7, 11) is 0. The smallest absolute Gasteiger partial charge is 0.258 e. The Hall–Kier alpha value is -4.44. The molecule has 1 aromatic heterocycles. The number of amides is 3. The number of anilines is 3. The molecule has 2 aromatic carbocycles. The molecule has 0 saturated carbocycles. The van der Waals surface area contributed by atoms with Gasteiger partial charge in [0.15, 0.2) is 0 Å². The van der Waals surface area contributed by atoms with Gasteiger partial charge >= 0.3 is 0 Å². The highest BCUT2D eigenvalue weighted by Gasteiger charge is 2.25. The van der Waals surface area contributed by atoms with Crippen molar-refractivity contribution in [1.82, 2.24) is 19.9 Å². The van der Waals surface area contributed by atoms with E-state index in [0.717, 1.165) is 59.9 Å². The van der Waals surface area contributed by atoms with E-state index in [-0.39, 0.29) is 17.7 Å². The lowest BCUT2D eigenvalue weighted by molar-refractivity contribution is -0.120. The molecule has 2 N–H and O–H groups in total. The van der Waals surface area contributed by atoms with Crippen molar-refractivity contribution < 1.29 is 14.4 Å². The van der Waals surface area contributed by atoms with Crippen LogP contribution in [0.5, 0.6) is 0 Å². The summed E-state index contributed by atoms with van der Waals surface area (Å²) >= 11 is 0. The first-order valence-electron chi connectivity index (χ1n) is 13.7. The fourth-order valence-electron chi connectivity index (χ4n) is 4.92. The molecule has 5 rings (SSSR count). The minimum absolute atomic E-state index is 0.00606. The summed E-state index contributed by atoms with van der Waals surface area (Å²) in [5.74, 6) is 1.12. The molecule has 0 saturated heterocycles. The third-order valence-electron chi connectivity index (χ3n) is 7.08. The van der Waals surface area contributed by atoms with Gasteiger partial charge in [0.2, 0.25) is 11.9 Å². The minimum Gasteiger partial charge on any atom is -0.354 e. The molecule has 0 atom stereocenters. The van der Waals surface area contributed by atoms with E-state index in [1.807, 2.05) is 30.3 Å². The average Bonchev–Trinajstić information content (AvgIpc) is 3.48. The highest BCUT2D eigenvalue weighted by molar-refractivity contribution is 6.28. The molecule has 3 aromatic rings. The van der Waals surface area contributed by atoms with Gasteiger partial charge in [-0.15, -0.1) is 0 Å². The van der Waals surface area contributed by atoms with E-state index < -0.39 is 0 Å². The number of hydrogen-bond acceptors (Lipinski definition) is 8. The number of benzene rings is 2. The van der Waals surface area contributed by atoms with Crippen LogP contribution in [-0.4, -0.2) is 63.8 Å². The normalized spacial score (nSPS) is 14.3. The third-order valence-corrected chi connectivity index (χ3v) is 7.08. The lowest BCUT2D eigenvalue weighted by Crippen LogP contribution is -2.29. The van der Waals surface area contributed by atoms with Gasteiger partial charge in [0, 0.05) is 37.2 Å². The number of rotatable bonds is 12. The predicted octanol–water partition coefficient (Wildman–Crippen LogP) is 3.12. The van der Waals surface area contributed by atoms with Gasteiger partial charge in [-0.25, -0.2) is 9.88 Å². The van der Waals surface area contributed by atoms with Crippen molar-refractivity contribution >= 4 is 35.0 Å². The Labute approximate surface area is 233 Å². The number of nitrogens with zero attached hydrogens (tertiary/aromatic N) is 5. The van der Waals surface area contributed by atoms with Crippen molar-refractivity contribution in [2.75, 3.05) is 41.7 Å². The fourth-order valence-corrected chi connectivity index (χ4v) is 4.92. The van der Waals surface area contributed by atoms with Crippen LogP contribution < -0.4 is 15.5 Å². The van der Waals surface area contributed by atoms with E-state index in [9.17, 15) is 14.4 Å². The van der Waals surface area contributed by atoms with Crippen LogP contribution in [0.15, 0.2) is 54.6 Å². The second-order valence-electron chi connectivity index (χ2n) is 9.88. The minimum atomic E-state index is -0.344. The molecule has 0 bridgehead atoms. The van der Waals surface area contributed by atoms with Crippen molar-refractivity contribution in [3.05, 3.63) is 83.0 Å². The lowest BCUT2D eigenvalue weighted by Gasteiger charge is -2.17. The Balaban J connectivity index is 1.33. The Morgan fingerprint density at radius 1 is 0.875 bits per heavy atom. The molecule has 10 heteroatoms. The fraction of sp³-hybridized carbons (Fsp3) is 0.333. The van der Waals surface area contributed by atoms with Crippen LogP contribution in [-0.2, 0) is 33.6 Å². The van der Waals surface area contributed by atoms with Crippen molar-refractivity contribution in [1.29, 1.82) is 0 Å². The first-order valence-corrected chi connectivity index (χ1v) is 13.7. The van der Waals surface area contributed by atoms with E-state index in [4.69, 9.17) is 9.97 Å². The molecule has 206 valence electrons. The molecule has 3 amide bonds. The Bertz CT molecular complexity index is 1430. The van der Waals surface area contributed by atoms with Gasteiger partial charge in [-0.1, -0.05) is 38.1 Å². The SMILES string of the molecule is CCN(CC)CCCNc1nc(Cc2ccc(N3C(=O)C=CC3=O)cc2)nc(Cc2ccc3c(c2)CC(=O)N3)n1. The summed E-state index contributed by atoms with van der Waals surface area (Å²) in [6.07, 6.45) is 4.87. The molecule has 0 spiro atoms. The number of nitrogens with one attached hydrogen (secondary N) is 2. The zero-order chi connectivity index (χ0) is 28.1. The zero-order valence-corrected chi connectivity index (χ0v) is 22.8. The highest BCUT2D eigenvalue weighted by atomic mass is 16.2. The molecule has 2 aliphatic rings. The Morgan fingerprint density at radius 2 is 1.52 bits per heavy atom. The van der Waals surface area contributed by atoms with E-state index in [1.54, 1.807) is 12.1 Å². The van der Waals surface area contributed by atoms with Crippen molar-refractivity contribution in [2.45, 2.75) is 39.5 Å². The van der Waals surface area contributed by atoms with Crippen LogP contribution in [0.4, 0.5) is 17.3 Å². The van der Waals surface area contributed by atoms with Gasteiger partial charge in [0.05, 0.1) is 12.1 Å². The molecule has 0 unspecified atom stereocenters. The second-order valence-corrected chi connectivity index (χ2v) is 9.88.